The standard InChI is InChI=1S/C14H26N4O2S/c1-11-13(10-15-2)14(17-16-11)21(19,20)18-12-8-6-4-3-5-7-9-12/h12,15,18H,3-10H2,1-2H3,(H,16,17). The number of nitrogens with one attached hydrogen (secondary N) is 3. The fourth-order valence-electron chi connectivity index (χ4n) is 2.89. The van der Waals surface area contributed by atoms with Crippen LogP contribution in [0.5, 0.6) is 0 Å². The third kappa shape index (κ3) is 4.28. The van der Waals surface area contributed by atoms with Gasteiger partial charge in [-0.15, -0.1) is 0 Å². The van der Waals surface area contributed by atoms with E-state index < -0.39 is 10.0 Å². The van der Waals surface area contributed by atoms with Gasteiger partial charge in [-0.2, -0.15) is 5.10 Å². The summed E-state index contributed by atoms with van der Waals surface area (Å²) in [6.45, 7) is 2.33. The molecule has 1 fully saturated rings. The first-order chi connectivity index (χ1) is 10.0. The lowest BCUT2D eigenvalue weighted by molar-refractivity contribution is 0.425. The summed E-state index contributed by atoms with van der Waals surface area (Å²) in [5.74, 6) is 0. The Kier molecular flexibility index (Phi) is 5.78. The second-order valence-electron chi connectivity index (χ2n) is 5.83. The molecule has 0 aromatic carbocycles. The van der Waals surface area contributed by atoms with Crippen LogP contribution in [-0.2, 0) is 16.6 Å². The van der Waals surface area contributed by atoms with Crippen LogP contribution in [0.25, 0.3) is 0 Å². The highest BCUT2D eigenvalue weighted by Gasteiger charge is 2.26. The summed E-state index contributed by atoms with van der Waals surface area (Å²) >= 11 is 0. The molecule has 0 aliphatic heterocycles. The van der Waals surface area contributed by atoms with E-state index in [0.717, 1.165) is 36.9 Å². The lowest BCUT2D eigenvalue weighted by atomic mass is 9.97. The van der Waals surface area contributed by atoms with Crippen LogP contribution in [0.15, 0.2) is 5.03 Å². The molecule has 0 atom stereocenters. The number of hydrogen-bond donors (Lipinski definition) is 3. The van der Waals surface area contributed by atoms with Gasteiger partial charge in [0.05, 0.1) is 0 Å². The second kappa shape index (κ2) is 7.38. The Hall–Kier alpha value is -0.920. The van der Waals surface area contributed by atoms with Gasteiger partial charge < -0.3 is 5.32 Å². The molecule has 0 amide bonds. The molecule has 1 aromatic heterocycles. The molecular weight excluding hydrogens is 288 g/mol. The molecule has 1 aliphatic rings. The number of aryl methyl sites for hydroxylation is 1. The van der Waals surface area contributed by atoms with Crippen LogP contribution in [0.1, 0.15) is 56.2 Å². The van der Waals surface area contributed by atoms with E-state index >= 15 is 0 Å². The van der Waals surface area contributed by atoms with Gasteiger partial charge >= 0.3 is 0 Å². The van der Waals surface area contributed by atoms with Gasteiger partial charge in [0.2, 0.25) is 0 Å². The number of rotatable bonds is 5. The van der Waals surface area contributed by atoms with Gasteiger partial charge in [-0.05, 0) is 26.8 Å². The van der Waals surface area contributed by atoms with Crippen molar-refractivity contribution < 1.29 is 8.42 Å². The minimum absolute atomic E-state index is 0.0368. The van der Waals surface area contributed by atoms with Gasteiger partial charge in [0.1, 0.15) is 0 Å². The molecule has 7 heteroatoms. The third-order valence-corrected chi connectivity index (χ3v) is 5.56. The van der Waals surface area contributed by atoms with Crippen molar-refractivity contribution >= 4 is 10.0 Å². The second-order valence-corrected chi connectivity index (χ2v) is 7.46. The lowest BCUT2D eigenvalue weighted by Crippen LogP contribution is -2.36. The number of H-pyrrole nitrogens is 1. The van der Waals surface area contributed by atoms with Gasteiger partial charge in [-0.1, -0.05) is 32.1 Å². The Morgan fingerprint density at radius 2 is 1.81 bits per heavy atom. The molecule has 0 bridgehead atoms. The number of aromatic amines is 1. The molecule has 0 unspecified atom stereocenters. The highest BCUT2D eigenvalue weighted by molar-refractivity contribution is 7.89. The largest absolute Gasteiger partial charge is 0.316 e. The maximum Gasteiger partial charge on any atom is 0.260 e. The van der Waals surface area contributed by atoms with Crippen molar-refractivity contribution in [2.45, 2.75) is 69.5 Å². The predicted molar refractivity (Wildman–Crippen MR) is 82.5 cm³/mol. The SMILES string of the molecule is CNCc1c(S(=O)(=O)NC2CCCCCCC2)n[nH]c1C. The number of sulfonamides is 1. The maximum atomic E-state index is 12.6. The van der Waals surface area contributed by atoms with Crippen molar-refractivity contribution in [3.8, 4) is 0 Å². The topological polar surface area (TPSA) is 86.9 Å². The van der Waals surface area contributed by atoms with E-state index in [1.807, 2.05) is 6.92 Å². The third-order valence-electron chi connectivity index (χ3n) is 4.07. The van der Waals surface area contributed by atoms with E-state index in [1.165, 1.54) is 19.3 Å². The van der Waals surface area contributed by atoms with Crippen LogP contribution < -0.4 is 10.0 Å². The smallest absolute Gasteiger partial charge is 0.260 e. The normalized spacial score (nSPS) is 18.4. The summed E-state index contributed by atoms with van der Waals surface area (Å²) in [4.78, 5) is 0. The van der Waals surface area contributed by atoms with E-state index in [4.69, 9.17) is 0 Å². The fraction of sp³-hybridized carbons (Fsp3) is 0.786. The molecule has 120 valence electrons. The summed E-state index contributed by atoms with van der Waals surface area (Å²) in [5.41, 5.74) is 1.51. The molecule has 6 nitrogen and oxygen atoms in total. The van der Waals surface area contributed by atoms with Gasteiger partial charge in [0.25, 0.3) is 10.0 Å². The summed E-state index contributed by atoms with van der Waals surface area (Å²) in [6.07, 6.45) is 7.69. The quantitative estimate of drug-likeness (QED) is 0.774. The van der Waals surface area contributed by atoms with Crippen molar-refractivity contribution in [2.75, 3.05) is 7.05 Å². The highest BCUT2D eigenvalue weighted by atomic mass is 32.2. The molecule has 3 N–H and O–H groups in total. The minimum Gasteiger partial charge on any atom is -0.316 e. The zero-order valence-electron chi connectivity index (χ0n) is 12.9. The Balaban J connectivity index is 2.13. The number of hydrogen-bond acceptors (Lipinski definition) is 4. The van der Waals surface area contributed by atoms with E-state index in [1.54, 1.807) is 7.05 Å². The zero-order valence-corrected chi connectivity index (χ0v) is 13.7. The molecule has 1 aliphatic carbocycles. The van der Waals surface area contributed by atoms with E-state index in [9.17, 15) is 8.42 Å². The summed E-state index contributed by atoms with van der Waals surface area (Å²) in [7, 11) is -1.76. The van der Waals surface area contributed by atoms with Crippen LogP contribution >= 0.6 is 0 Å². The molecule has 0 spiro atoms. The average molecular weight is 314 g/mol. The Morgan fingerprint density at radius 3 is 2.43 bits per heavy atom. The van der Waals surface area contributed by atoms with E-state index in [0.29, 0.717) is 6.54 Å². The molecular formula is C14H26N4O2S. The first-order valence-electron chi connectivity index (χ1n) is 7.75. The monoisotopic (exact) mass is 314 g/mol. The summed E-state index contributed by atoms with van der Waals surface area (Å²) < 4.78 is 28.0. The average Bonchev–Trinajstić information content (AvgIpc) is 2.76. The molecule has 2 rings (SSSR count). The van der Waals surface area contributed by atoms with Crippen LogP contribution in [-0.4, -0.2) is 31.7 Å². The van der Waals surface area contributed by atoms with Crippen molar-refractivity contribution in [1.29, 1.82) is 0 Å². The number of aromatic nitrogens is 2. The summed E-state index contributed by atoms with van der Waals surface area (Å²) in [5, 5.41) is 9.91. The first kappa shape index (κ1) is 16.5. The molecule has 0 radical (unpaired) electrons. The van der Waals surface area contributed by atoms with Gasteiger partial charge in [0.15, 0.2) is 5.03 Å². The van der Waals surface area contributed by atoms with E-state index in [2.05, 4.69) is 20.2 Å². The highest BCUT2D eigenvalue weighted by Crippen LogP contribution is 2.21. The minimum atomic E-state index is -3.55. The van der Waals surface area contributed by atoms with Crippen molar-refractivity contribution in [2.24, 2.45) is 0 Å². The lowest BCUT2D eigenvalue weighted by Gasteiger charge is -2.20. The van der Waals surface area contributed by atoms with Crippen LogP contribution in [0, 0.1) is 6.92 Å². The number of nitrogens with zero attached hydrogens (tertiary/aromatic N) is 1. The van der Waals surface area contributed by atoms with Gasteiger partial charge in [0, 0.05) is 23.8 Å². The first-order valence-corrected chi connectivity index (χ1v) is 9.23. The van der Waals surface area contributed by atoms with Crippen LogP contribution in [0.2, 0.25) is 0 Å². The molecule has 0 saturated heterocycles. The molecule has 1 aromatic rings. The van der Waals surface area contributed by atoms with Gasteiger partial charge in [-0.25, -0.2) is 13.1 Å². The molecule has 1 heterocycles. The fourth-order valence-corrected chi connectivity index (χ4v) is 4.39. The van der Waals surface area contributed by atoms with Crippen LogP contribution in [0.4, 0.5) is 0 Å². The van der Waals surface area contributed by atoms with Crippen molar-refractivity contribution in [3.05, 3.63) is 11.3 Å². The van der Waals surface area contributed by atoms with Gasteiger partial charge in [-0.3, -0.25) is 5.10 Å². The van der Waals surface area contributed by atoms with Crippen LogP contribution in [0.3, 0.4) is 0 Å². The van der Waals surface area contributed by atoms with E-state index in [-0.39, 0.29) is 11.1 Å². The summed E-state index contributed by atoms with van der Waals surface area (Å²) in [6, 6.07) is 0.0368. The maximum absolute atomic E-state index is 12.6. The Morgan fingerprint density at radius 1 is 1.19 bits per heavy atom. The van der Waals surface area contributed by atoms with Crippen molar-refractivity contribution in [1.82, 2.24) is 20.2 Å². The zero-order chi connectivity index (χ0) is 15.3. The Labute approximate surface area is 127 Å². The predicted octanol–water partition coefficient (Wildman–Crippen LogP) is 1.83. The molecule has 21 heavy (non-hydrogen) atoms. The molecule has 1 saturated carbocycles. The van der Waals surface area contributed by atoms with Crippen molar-refractivity contribution in [3.63, 3.8) is 0 Å². The Bertz CT molecular complexity index is 545.